The molecule has 2 rings (SSSR count). The van der Waals surface area contributed by atoms with Gasteiger partial charge in [-0.2, -0.15) is 0 Å². The molecule has 0 fully saturated rings. The van der Waals surface area contributed by atoms with Crippen LogP contribution in [0.5, 0.6) is 0 Å². The zero-order valence-corrected chi connectivity index (χ0v) is 12.4. The van der Waals surface area contributed by atoms with Gasteiger partial charge in [0.05, 0.1) is 9.88 Å². The second-order valence-electron chi connectivity index (χ2n) is 3.82. The molecule has 0 aliphatic heterocycles. The monoisotopic (exact) mass is 331 g/mol. The maximum atomic E-state index is 11.2. The van der Waals surface area contributed by atoms with Crippen LogP contribution in [0.15, 0.2) is 15.9 Å². The van der Waals surface area contributed by atoms with Crippen molar-refractivity contribution >= 4 is 44.6 Å². The first kappa shape index (κ1) is 12.7. The van der Waals surface area contributed by atoms with Gasteiger partial charge in [0, 0.05) is 20.6 Å². The van der Waals surface area contributed by atoms with Crippen LogP contribution in [0.2, 0.25) is 0 Å². The zero-order chi connectivity index (χ0) is 12.6. The van der Waals surface area contributed by atoms with Crippen LogP contribution < -0.4 is 0 Å². The molecule has 0 radical (unpaired) electrons. The first-order valence-electron chi connectivity index (χ1n) is 4.97. The number of rotatable bonds is 3. The van der Waals surface area contributed by atoms with E-state index >= 15 is 0 Å². The number of aromatic carboxylic acids is 1. The van der Waals surface area contributed by atoms with E-state index in [0.717, 1.165) is 19.2 Å². The lowest BCUT2D eigenvalue weighted by atomic mass is 10.2. The van der Waals surface area contributed by atoms with Crippen molar-refractivity contribution in [1.82, 2.24) is 4.98 Å². The van der Waals surface area contributed by atoms with Gasteiger partial charge in [0.1, 0.15) is 0 Å². The summed E-state index contributed by atoms with van der Waals surface area (Å²) in [5, 5.41) is 12.0. The molecule has 0 aliphatic rings. The molecule has 3 nitrogen and oxygen atoms in total. The highest BCUT2D eigenvalue weighted by Gasteiger charge is 2.21. The van der Waals surface area contributed by atoms with E-state index in [9.17, 15) is 4.79 Å². The molecule has 2 aromatic heterocycles. The molecule has 2 aromatic rings. The molecule has 0 aromatic carbocycles. The maximum absolute atomic E-state index is 11.2. The quantitative estimate of drug-likeness (QED) is 0.903. The Balaban J connectivity index is 2.55. The van der Waals surface area contributed by atoms with Crippen LogP contribution in [0.3, 0.4) is 0 Å². The van der Waals surface area contributed by atoms with Crippen molar-refractivity contribution in [1.29, 1.82) is 0 Å². The summed E-state index contributed by atoms with van der Waals surface area (Å²) < 4.78 is 0.966. The van der Waals surface area contributed by atoms with Crippen LogP contribution in [-0.2, 0) is 0 Å². The minimum atomic E-state index is -0.965. The normalized spacial score (nSPS) is 11.1. The van der Waals surface area contributed by atoms with Crippen molar-refractivity contribution < 1.29 is 9.90 Å². The highest BCUT2D eigenvalue weighted by Crippen LogP contribution is 2.38. The van der Waals surface area contributed by atoms with Crippen LogP contribution in [0.1, 0.15) is 35.3 Å². The van der Waals surface area contributed by atoms with Gasteiger partial charge in [-0.1, -0.05) is 13.8 Å². The molecule has 0 saturated heterocycles. The van der Waals surface area contributed by atoms with Crippen molar-refractivity contribution in [2.24, 2.45) is 0 Å². The summed E-state index contributed by atoms with van der Waals surface area (Å²) in [6.07, 6.45) is 0. The first-order valence-corrected chi connectivity index (χ1v) is 7.46. The third kappa shape index (κ3) is 2.59. The molecule has 0 aliphatic carbocycles. The molecule has 0 atom stereocenters. The number of halogens is 1. The molecule has 2 heterocycles. The second-order valence-corrected chi connectivity index (χ2v) is 6.68. The first-order chi connectivity index (χ1) is 7.99. The predicted molar refractivity (Wildman–Crippen MR) is 74.2 cm³/mol. The molecule has 0 spiro atoms. The van der Waals surface area contributed by atoms with E-state index in [1.54, 1.807) is 0 Å². The summed E-state index contributed by atoms with van der Waals surface area (Å²) in [5.41, 5.74) is 0.160. The summed E-state index contributed by atoms with van der Waals surface area (Å²) >= 11 is 6.35. The van der Waals surface area contributed by atoms with Crippen molar-refractivity contribution in [2.45, 2.75) is 19.8 Å². The van der Waals surface area contributed by atoms with Gasteiger partial charge < -0.3 is 5.11 Å². The molecule has 6 heteroatoms. The van der Waals surface area contributed by atoms with Gasteiger partial charge in [-0.15, -0.1) is 22.7 Å². The lowest BCUT2D eigenvalue weighted by Crippen LogP contribution is -1.99. The van der Waals surface area contributed by atoms with Crippen molar-refractivity contribution in [3.8, 4) is 9.75 Å². The van der Waals surface area contributed by atoms with E-state index in [4.69, 9.17) is 5.11 Å². The molecule has 1 N–H and O–H groups in total. The Bertz CT molecular complexity index is 560. The Labute approximate surface area is 115 Å². The number of nitrogens with zero attached hydrogens (tertiary/aromatic N) is 1. The maximum Gasteiger partial charge on any atom is 0.356 e. The highest BCUT2D eigenvalue weighted by molar-refractivity contribution is 9.10. The fraction of sp³-hybridized carbons (Fsp3) is 0.273. The molecule has 0 saturated carbocycles. The van der Waals surface area contributed by atoms with Gasteiger partial charge in [-0.05, 0) is 22.0 Å². The van der Waals surface area contributed by atoms with Crippen molar-refractivity contribution in [2.75, 3.05) is 0 Å². The third-order valence-electron chi connectivity index (χ3n) is 2.13. The average molecular weight is 332 g/mol. The Hall–Kier alpha value is -0.720. The molecule has 90 valence electrons. The number of hydrogen-bond donors (Lipinski definition) is 1. The summed E-state index contributed by atoms with van der Waals surface area (Å²) in [6, 6.07) is 1.93. The smallest absolute Gasteiger partial charge is 0.356 e. The minimum absolute atomic E-state index is 0.160. The third-order valence-corrected chi connectivity index (χ3v) is 5.36. The lowest BCUT2D eigenvalue weighted by molar-refractivity contribution is 0.0692. The number of carboxylic acid groups (broad SMARTS) is 1. The molecule has 0 amide bonds. The van der Waals surface area contributed by atoms with E-state index in [1.807, 2.05) is 25.3 Å². The lowest BCUT2D eigenvalue weighted by Gasteiger charge is -1.94. The zero-order valence-electron chi connectivity index (χ0n) is 9.23. The standard InChI is InChI=1S/C11H10BrNO2S2/c1-5(2)10-13-8(11(14)15)9(17-10)7-3-6(12)4-16-7/h3-5H,1-2H3,(H,14,15). The summed E-state index contributed by atoms with van der Waals surface area (Å²) in [7, 11) is 0. The number of carbonyl (C=O) groups is 1. The van der Waals surface area contributed by atoms with E-state index in [1.165, 1.54) is 22.7 Å². The van der Waals surface area contributed by atoms with Crippen LogP contribution >= 0.6 is 38.6 Å². The fourth-order valence-electron chi connectivity index (χ4n) is 1.33. The Morgan fingerprint density at radius 2 is 2.24 bits per heavy atom. The highest BCUT2D eigenvalue weighted by atomic mass is 79.9. The Morgan fingerprint density at radius 3 is 2.71 bits per heavy atom. The fourth-order valence-corrected chi connectivity index (χ4v) is 3.94. The SMILES string of the molecule is CC(C)c1nc(C(=O)O)c(-c2cc(Br)cs2)s1. The van der Waals surface area contributed by atoms with Gasteiger partial charge in [0.2, 0.25) is 0 Å². The number of hydrogen-bond acceptors (Lipinski definition) is 4. The average Bonchev–Trinajstić information content (AvgIpc) is 2.82. The number of aromatic nitrogens is 1. The van der Waals surface area contributed by atoms with Gasteiger partial charge in [0.25, 0.3) is 0 Å². The second kappa shape index (κ2) is 4.88. The summed E-state index contributed by atoms with van der Waals surface area (Å²) in [6.45, 7) is 4.02. The molecule has 0 bridgehead atoms. The summed E-state index contributed by atoms with van der Waals surface area (Å²) in [5.74, 6) is -0.720. The van der Waals surface area contributed by atoms with Crippen molar-refractivity contribution in [3.05, 3.63) is 26.6 Å². The Morgan fingerprint density at radius 1 is 1.53 bits per heavy atom. The minimum Gasteiger partial charge on any atom is -0.476 e. The predicted octanol–water partition coefficient (Wildman–Crippen LogP) is 4.46. The topological polar surface area (TPSA) is 50.2 Å². The van der Waals surface area contributed by atoms with Gasteiger partial charge >= 0.3 is 5.97 Å². The largest absolute Gasteiger partial charge is 0.476 e. The van der Waals surface area contributed by atoms with E-state index < -0.39 is 5.97 Å². The van der Waals surface area contributed by atoms with E-state index in [0.29, 0.717) is 0 Å². The van der Waals surface area contributed by atoms with Crippen LogP contribution in [0, 0.1) is 0 Å². The van der Waals surface area contributed by atoms with E-state index in [-0.39, 0.29) is 11.6 Å². The van der Waals surface area contributed by atoms with E-state index in [2.05, 4.69) is 20.9 Å². The number of thiazole rings is 1. The Kier molecular flexibility index (Phi) is 3.65. The van der Waals surface area contributed by atoms with Crippen LogP contribution in [-0.4, -0.2) is 16.1 Å². The number of carboxylic acids is 1. The summed E-state index contributed by atoms with van der Waals surface area (Å²) in [4.78, 5) is 17.1. The van der Waals surface area contributed by atoms with Gasteiger partial charge in [-0.25, -0.2) is 9.78 Å². The molecular weight excluding hydrogens is 322 g/mol. The van der Waals surface area contributed by atoms with Gasteiger partial charge in [-0.3, -0.25) is 0 Å². The number of thiophene rings is 1. The molecule has 0 unspecified atom stereocenters. The van der Waals surface area contributed by atoms with Crippen molar-refractivity contribution in [3.63, 3.8) is 0 Å². The van der Waals surface area contributed by atoms with Crippen LogP contribution in [0.4, 0.5) is 0 Å². The molecular formula is C11H10BrNO2S2. The van der Waals surface area contributed by atoms with Crippen LogP contribution in [0.25, 0.3) is 9.75 Å². The molecule has 17 heavy (non-hydrogen) atoms. The van der Waals surface area contributed by atoms with Gasteiger partial charge in [0.15, 0.2) is 5.69 Å².